The Hall–Kier alpha value is -9.76. The zero-order valence-corrected chi connectivity index (χ0v) is 41.3. The molecule has 0 saturated carbocycles. The molecule has 2 heteroatoms. The molecule has 352 valence electrons. The first kappa shape index (κ1) is 44.0. The Morgan fingerprint density at radius 3 is 1.36 bits per heavy atom. The first-order chi connectivity index (χ1) is 37.2. The van der Waals surface area contributed by atoms with Gasteiger partial charge in [-0.05, 0) is 151 Å². The molecule has 0 atom stereocenters. The van der Waals surface area contributed by atoms with Gasteiger partial charge in [0.25, 0.3) is 0 Å². The topological polar surface area (TPSA) is 8.17 Å². The molecule has 75 heavy (non-hydrogen) atoms. The summed E-state index contributed by atoms with van der Waals surface area (Å²) in [7, 11) is 0. The van der Waals surface area contributed by atoms with Crippen molar-refractivity contribution in [2.24, 2.45) is 0 Å². The monoisotopic (exact) mass is 954 g/mol. The summed E-state index contributed by atoms with van der Waals surface area (Å²) >= 11 is 0. The molecule has 1 aliphatic rings. The van der Waals surface area contributed by atoms with Crippen LogP contribution >= 0.6 is 0 Å². The van der Waals surface area contributed by atoms with Crippen molar-refractivity contribution in [1.82, 2.24) is 4.57 Å². The zero-order chi connectivity index (χ0) is 49.7. The first-order valence-electron chi connectivity index (χ1n) is 25.9. The molecule has 1 heterocycles. The van der Waals surface area contributed by atoms with Crippen LogP contribution in [0, 0.1) is 0 Å². The van der Waals surface area contributed by atoms with Crippen molar-refractivity contribution < 1.29 is 0 Å². The van der Waals surface area contributed by atoms with Gasteiger partial charge < -0.3 is 9.47 Å². The predicted octanol–water partition coefficient (Wildman–Crippen LogP) is 19.3. The van der Waals surface area contributed by atoms with Gasteiger partial charge in [-0.15, -0.1) is 0 Å². The van der Waals surface area contributed by atoms with Gasteiger partial charge >= 0.3 is 0 Å². The Balaban J connectivity index is 0.856. The Labute approximate surface area is 438 Å². The first-order valence-corrected chi connectivity index (χ1v) is 25.9. The van der Waals surface area contributed by atoms with Crippen molar-refractivity contribution in [1.29, 1.82) is 0 Å². The third-order valence-electron chi connectivity index (χ3n) is 15.5. The largest absolute Gasteiger partial charge is 0.310 e. The summed E-state index contributed by atoms with van der Waals surface area (Å²) in [5.74, 6) is 0. The molecule has 0 N–H and O–H groups in total. The summed E-state index contributed by atoms with van der Waals surface area (Å²) in [5, 5.41) is 2.48. The van der Waals surface area contributed by atoms with Crippen LogP contribution in [0.2, 0.25) is 0 Å². The van der Waals surface area contributed by atoms with Crippen LogP contribution in [0.15, 0.2) is 303 Å². The maximum Gasteiger partial charge on any atom is 0.0714 e. The van der Waals surface area contributed by atoms with Gasteiger partial charge in [-0.25, -0.2) is 0 Å². The molecular formula is C73H50N2. The molecule has 0 radical (unpaired) electrons. The van der Waals surface area contributed by atoms with E-state index in [0.29, 0.717) is 0 Å². The highest BCUT2D eigenvalue weighted by atomic mass is 15.1. The number of rotatable bonds is 10. The Kier molecular flexibility index (Phi) is 10.8. The van der Waals surface area contributed by atoms with Gasteiger partial charge in [-0.1, -0.05) is 231 Å². The van der Waals surface area contributed by atoms with Crippen molar-refractivity contribution in [2.45, 2.75) is 5.41 Å². The smallest absolute Gasteiger partial charge is 0.0714 e. The van der Waals surface area contributed by atoms with Crippen LogP contribution in [0.3, 0.4) is 0 Å². The number of hydrogen-bond donors (Lipinski definition) is 0. The van der Waals surface area contributed by atoms with Gasteiger partial charge in [0.2, 0.25) is 0 Å². The number of hydrogen-bond acceptors (Lipinski definition) is 1. The fourth-order valence-corrected chi connectivity index (χ4v) is 12.0. The Morgan fingerprint density at radius 1 is 0.253 bits per heavy atom. The van der Waals surface area contributed by atoms with Gasteiger partial charge in [-0.3, -0.25) is 0 Å². The van der Waals surface area contributed by atoms with E-state index in [-0.39, 0.29) is 0 Å². The van der Waals surface area contributed by atoms with E-state index in [0.717, 1.165) is 28.3 Å². The second-order valence-electron chi connectivity index (χ2n) is 19.6. The lowest BCUT2D eigenvalue weighted by atomic mass is 9.67. The Morgan fingerprint density at radius 2 is 0.693 bits per heavy atom. The van der Waals surface area contributed by atoms with Crippen molar-refractivity contribution >= 4 is 38.9 Å². The van der Waals surface area contributed by atoms with E-state index in [2.05, 4.69) is 313 Å². The standard InChI is InChI=1S/C73H50N2/c1-5-19-51(20-6-1)53-35-40-61(41-36-53)74(64-44-45-66-65-31-13-15-33-69(65)73(70(66)50-64,59-26-9-3-10-27-59)60-28-11-4-12-29-60)62-42-37-54(38-43-62)55-23-17-24-56(47-55)58-39-46-72-68(49-58)67-32-14-16-34-71(67)75(72)63-30-18-25-57(48-63)52-21-7-2-8-22-52/h1-50H. The van der Waals surface area contributed by atoms with Gasteiger partial charge in [-0.2, -0.15) is 0 Å². The summed E-state index contributed by atoms with van der Waals surface area (Å²) in [6.45, 7) is 0. The lowest BCUT2D eigenvalue weighted by Crippen LogP contribution is -2.28. The minimum absolute atomic E-state index is 0.516. The molecule has 1 aromatic heterocycles. The minimum atomic E-state index is -0.516. The van der Waals surface area contributed by atoms with E-state index in [1.165, 1.54) is 94.1 Å². The summed E-state index contributed by atoms with van der Waals surface area (Å²) in [5.41, 5.74) is 23.4. The molecule has 2 nitrogen and oxygen atoms in total. The maximum absolute atomic E-state index is 2.45. The highest BCUT2D eigenvalue weighted by molar-refractivity contribution is 6.10. The number of nitrogens with zero attached hydrogens (tertiary/aromatic N) is 2. The van der Waals surface area contributed by atoms with Crippen molar-refractivity contribution in [3.8, 4) is 61.3 Å². The summed E-state index contributed by atoms with van der Waals surface area (Å²) in [6.07, 6.45) is 0. The van der Waals surface area contributed by atoms with Crippen molar-refractivity contribution in [3.05, 3.63) is 326 Å². The van der Waals surface area contributed by atoms with Gasteiger partial charge in [0, 0.05) is 33.5 Å². The molecule has 0 fully saturated rings. The normalized spacial score (nSPS) is 12.4. The highest BCUT2D eigenvalue weighted by Crippen LogP contribution is 2.57. The number of aromatic nitrogens is 1. The van der Waals surface area contributed by atoms with Crippen molar-refractivity contribution in [3.63, 3.8) is 0 Å². The Bertz CT molecular complexity index is 4160. The van der Waals surface area contributed by atoms with E-state index in [1.54, 1.807) is 0 Å². The highest BCUT2D eigenvalue weighted by Gasteiger charge is 2.46. The average Bonchev–Trinajstić information content (AvgIpc) is 4.05. The van der Waals surface area contributed by atoms with Crippen molar-refractivity contribution in [2.75, 3.05) is 4.90 Å². The SMILES string of the molecule is c1ccc(-c2ccc(N(c3ccc(-c4cccc(-c5ccc6c(c5)c5ccccc5n6-c5cccc(-c6ccccc6)c5)c4)cc3)c3ccc4c(c3)C(c3ccccc3)(c3ccccc3)c3ccccc3-4)cc2)cc1. The molecule has 0 unspecified atom stereocenters. The van der Waals surface area contributed by atoms with Gasteiger partial charge in [0.1, 0.15) is 0 Å². The van der Waals surface area contributed by atoms with Crippen LogP contribution in [0.5, 0.6) is 0 Å². The third-order valence-corrected chi connectivity index (χ3v) is 15.5. The molecule has 0 aliphatic heterocycles. The maximum atomic E-state index is 2.45. The molecule has 0 bridgehead atoms. The molecule has 0 amide bonds. The van der Waals surface area contributed by atoms with E-state index in [9.17, 15) is 0 Å². The fraction of sp³-hybridized carbons (Fsp3) is 0.0137. The number of benzene rings is 12. The van der Waals surface area contributed by atoms with E-state index < -0.39 is 5.41 Å². The second kappa shape index (κ2) is 18.4. The third kappa shape index (κ3) is 7.49. The van der Waals surface area contributed by atoms with Crippen LogP contribution in [0.1, 0.15) is 22.3 Å². The van der Waals surface area contributed by atoms with Gasteiger partial charge in [0.05, 0.1) is 16.4 Å². The molecule has 0 spiro atoms. The number of para-hydroxylation sites is 1. The molecule has 12 aromatic carbocycles. The van der Waals surface area contributed by atoms with Crippen LogP contribution in [0.25, 0.3) is 83.1 Å². The minimum Gasteiger partial charge on any atom is -0.310 e. The second-order valence-corrected chi connectivity index (χ2v) is 19.6. The molecule has 14 rings (SSSR count). The molecule has 1 aliphatic carbocycles. The predicted molar refractivity (Wildman–Crippen MR) is 315 cm³/mol. The van der Waals surface area contributed by atoms with E-state index >= 15 is 0 Å². The summed E-state index contributed by atoms with van der Waals surface area (Å²) in [6, 6.07) is 111. The molecular weight excluding hydrogens is 905 g/mol. The average molecular weight is 955 g/mol. The van der Waals surface area contributed by atoms with Gasteiger partial charge in [0.15, 0.2) is 0 Å². The van der Waals surface area contributed by atoms with E-state index in [4.69, 9.17) is 0 Å². The number of fused-ring (bicyclic) bond motifs is 6. The number of anilines is 3. The van der Waals surface area contributed by atoms with Crippen LogP contribution in [-0.4, -0.2) is 4.57 Å². The summed E-state index contributed by atoms with van der Waals surface area (Å²) in [4.78, 5) is 2.42. The van der Waals surface area contributed by atoms with Crippen LogP contribution < -0.4 is 4.90 Å². The van der Waals surface area contributed by atoms with E-state index in [1.807, 2.05) is 0 Å². The zero-order valence-electron chi connectivity index (χ0n) is 41.3. The van der Waals surface area contributed by atoms with Crippen LogP contribution in [-0.2, 0) is 5.41 Å². The molecule has 0 saturated heterocycles. The lowest BCUT2D eigenvalue weighted by molar-refractivity contribution is 0.768. The quantitative estimate of drug-likeness (QED) is 0.133. The van der Waals surface area contributed by atoms with Crippen LogP contribution in [0.4, 0.5) is 17.1 Å². The fourth-order valence-electron chi connectivity index (χ4n) is 12.0. The molecule has 13 aromatic rings. The lowest BCUT2D eigenvalue weighted by Gasteiger charge is -2.35. The summed E-state index contributed by atoms with van der Waals surface area (Å²) < 4.78 is 2.41.